The molecule has 21 heteroatoms. The van der Waals surface area contributed by atoms with Crippen LogP contribution in [0.1, 0.15) is 86.3 Å². The second-order valence-electron chi connectivity index (χ2n) is 19.2. The van der Waals surface area contributed by atoms with E-state index in [1.54, 1.807) is 36.2 Å². The number of aromatic nitrogens is 3. The van der Waals surface area contributed by atoms with Gasteiger partial charge in [-0.3, -0.25) is 14.4 Å². The third-order valence-corrected chi connectivity index (χ3v) is 17.7. The van der Waals surface area contributed by atoms with E-state index < -0.39 is 56.1 Å². The van der Waals surface area contributed by atoms with E-state index in [1.165, 1.54) is 63.7 Å². The summed E-state index contributed by atoms with van der Waals surface area (Å²) in [4.78, 5) is 45.9. The number of hydrogen-bond acceptors (Lipinski definition) is 13. The van der Waals surface area contributed by atoms with Crippen LogP contribution in [0.3, 0.4) is 0 Å². The van der Waals surface area contributed by atoms with Crippen LogP contribution in [0.15, 0.2) is 125 Å². The van der Waals surface area contributed by atoms with Crippen LogP contribution in [0.4, 0.5) is 4.39 Å². The van der Waals surface area contributed by atoms with Gasteiger partial charge in [-0.15, -0.1) is 11.3 Å². The number of fused-ring (bicyclic) bond motifs is 1. The number of nitrogens with one attached hydrogen (secondary N) is 2. The van der Waals surface area contributed by atoms with Crippen LogP contribution in [0.2, 0.25) is 0 Å². The number of aliphatic hydroxyl groups excluding tert-OH is 2. The molecule has 1 unspecified atom stereocenters. The van der Waals surface area contributed by atoms with E-state index in [0.717, 1.165) is 40.6 Å². The van der Waals surface area contributed by atoms with Crippen molar-refractivity contribution in [2.75, 3.05) is 32.8 Å². The molecular weight excluding hydrogens is 1030 g/mol. The number of aryl methyl sites for hydroxylation is 1. The number of rotatable bonds is 26. The second kappa shape index (κ2) is 28.0. The molecule has 1 aliphatic rings. The molecule has 6 atom stereocenters. The van der Waals surface area contributed by atoms with Gasteiger partial charge in [0.05, 0.1) is 57.3 Å². The van der Waals surface area contributed by atoms with Crippen molar-refractivity contribution in [3.8, 4) is 0 Å². The fourth-order valence-electron chi connectivity index (χ4n) is 8.62. The highest BCUT2D eigenvalue weighted by Crippen LogP contribution is 2.27. The van der Waals surface area contributed by atoms with Crippen molar-refractivity contribution in [1.82, 2.24) is 33.8 Å². The molecule has 0 aliphatic carbocycles. The first kappa shape index (κ1) is 59.5. The number of amides is 2. The normalized spacial score (nSPS) is 15.9. The lowest BCUT2D eigenvalue weighted by Gasteiger charge is -2.31. The number of halogens is 1. The van der Waals surface area contributed by atoms with E-state index >= 15 is 0 Å². The van der Waals surface area contributed by atoms with Crippen molar-refractivity contribution in [1.29, 1.82) is 0 Å². The van der Waals surface area contributed by atoms with Crippen LogP contribution in [0.25, 0.3) is 10.2 Å². The Morgan fingerprint density at radius 3 is 2.07 bits per heavy atom. The summed E-state index contributed by atoms with van der Waals surface area (Å²) in [5.74, 6) is -1.39. The van der Waals surface area contributed by atoms with E-state index in [1.807, 2.05) is 74.5 Å². The summed E-state index contributed by atoms with van der Waals surface area (Å²) in [7, 11) is -6.32. The number of ketones is 1. The molecule has 0 spiro atoms. The Kier molecular flexibility index (Phi) is 21.9. The zero-order valence-corrected chi connectivity index (χ0v) is 46.1. The summed E-state index contributed by atoms with van der Waals surface area (Å²) in [5.41, 5.74) is 4.48. The van der Waals surface area contributed by atoms with Gasteiger partial charge in [0.25, 0.3) is 15.9 Å². The van der Waals surface area contributed by atoms with Gasteiger partial charge < -0.3 is 30.2 Å². The minimum atomic E-state index is -4.02. The molecule has 4 N–H and O–H groups in total. The van der Waals surface area contributed by atoms with E-state index in [-0.39, 0.29) is 90.2 Å². The van der Waals surface area contributed by atoms with Crippen molar-refractivity contribution in [3.63, 3.8) is 0 Å². The molecule has 7 rings (SSSR count). The Bertz CT molecular complexity index is 3060. The molecule has 0 radical (unpaired) electrons. The van der Waals surface area contributed by atoms with E-state index in [2.05, 4.69) is 20.6 Å². The number of hydrogen-bond donors (Lipinski definition) is 4. The van der Waals surface area contributed by atoms with E-state index in [9.17, 15) is 45.8 Å². The summed E-state index contributed by atoms with van der Waals surface area (Å²) >= 11 is 1.36. The van der Waals surface area contributed by atoms with E-state index in [4.69, 9.17) is 4.74 Å². The van der Waals surface area contributed by atoms with Crippen LogP contribution < -0.4 is 10.6 Å². The molecule has 1 aliphatic heterocycles. The number of nitrogens with zero attached hydrogens (tertiary/aromatic N) is 5. The first-order valence-electron chi connectivity index (χ1n) is 25.5. The maximum absolute atomic E-state index is 14.2. The highest BCUT2D eigenvalue weighted by Gasteiger charge is 2.36. The van der Waals surface area contributed by atoms with Gasteiger partial charge >= 0.3 is 0 Å². The third kappa shape index (κ3) is 16.6. The number of carbonyl (C=O) groups is 3. The summed E-state index contributed by atoms with van der Waals surface area (Å²) < 4.78 is 79.2. The predicted molar refractivity (Wildman–Crippen MR) is 290 cm³/mol. The van der Waals surface area contributed by atoms with Crippen molar-refractivity contribution in [2.24, 2.45) is 13.0 Å². The lowest BCUT2D eigenvalue weighted by Crippen LogP contribution is -2.51. The molecule has 1 fully saturated rings. The fourth-order valence-corrected chi connectivity index (χ4v) is 12.5. The van der Waals surface area contributed by atoms with Crippen molar-refractivity contribution >= 4 is 59.2 Å². The van der Waals surface area contributed by atoms with Gasteiger partial charge in [-0.05, 0) is 85.5 Å². The maximum atomic E-state index is 14.2. The van der Waals surface area contributed by atoms with E-state index in [0.29, 0.717) is 19.4 Å². The predicted octanol–water partition coefficient (Wildman–Crippen LogP) is 6.62. The lowest BCUT2D eigenvalue weighted by atomic mass is 9.99. The first-order valence-corrected chi connectivity index (χ1v) is 29.3. The van der Waals surface area contributed by atoms with Crippen molar-refractivity contribution in [2.45, 2.75) is 119 Å². The molecule has 0 saturated carbocycles. The van der Waals surface area contributed by atoms with Crippen molar-refractivity contribution in [3.05, 3.63) is 143 Å². The molecule has 2 aromatic heterocycles. The van der Waals surface area contributed by atoms with Crippen LogP contribution in [0.5, 0.6) is 0 Å². The lowest BCUT2D eigenvalue weighted by molar-refractivity contribution is -0.126. The number of carbonyl (C=O) groups excluding carboxylic acids is 3. The van der Waals surface area contributed by atoms with Gasteiger partial charge in [0.1, 0.15) is 11.6 Å². The molecule has 410 valence electrons. The smallest absolute Gasteiger partial charge is 0.262 e. The van der Waals surface area contributed by atoms with Gasteiger partial charge in [-0.25, -0.2) is 31.2 Å². The average molecular weight is 1100 g/mol. The number of aliphatic hydroxyl groups is 2. The Morgan fingerprint density at radius 1 is 0.829 bits per heavy atom. The Hall–Kier alpha value is -5.78. The van der Waals surface area contributed by atoms with Gasteiger partial charge in [0.2, 0.25) is 15.9 Å². The van der Waals surface area contributed by atoms with Crippen LogP contribution in [-0.4, -0.2) is 131 Å². The number of imidazole rings is 1. The number of Topliss-reactive ketones (excluding diaryl/α,β-unsaturated/α-hetero) is 1. The largest absolute Gasteiger partial charge is 0.390 e. The minimum Gasteiger partial charge on any atom is -0.390 e. The molecule has 2 amide bonds. The molecule has 3 heterocycles. The number of ether oxygens (including phenoxy) is 1. The first-order chi connectivity index (χ1) is 36.3. The zero-order valence-electron chi connectivity index (χ0n) is 43.6. The highest BCUT2D eigenvalue weighted by atomic mass is 32.2. The van der Waals surface area contributed by atoms with Crippen molar-refractivity contribution < 1.29 is 50.6 Å². The summed E-state index contributed by atoms with van der Waals surface area (Å²) in [6.07, 6.45) is 3.44. The van der Waals surface area contributed by atoms with Gasteiger partial charge in [0.15, 0.2) is 5.03 Å². The summed E-state index contributed by atoms with van der Waals surface area (Å²) in [6, 6.07) is 26.1. The van der Waals surface area contributed by atoms with Crippen LogP contribution >= 0.6 is 11.3 Å². The van der Waals surface area contributed by atoms with Crippen LogP contribution in [0, 0.1) is 18.7 Å². The molecule has 0 bridgehead atoms. The highest BCUT2D eigenvalue weighted by molar-refractivity contribution is 7.89. The Labute approximate surface area is 449 Å². The fraction of sp³-hybridized carbons (Fsp3) is 0.436. The quantitative estimate of drug-likeness (QED) is 0.0449. The number of sulfonamides is 2. The molecule has 4 aromatic carbocycles. The maximum Gasteiger partial charge on any atom is 0.262 e. The van der Waals surface area contributed by atoms with Gasteiger partial charge in [0, 0.05) is 70.9 Å². The second-order valence-corrected chi connectivity index (χ2v) is 23.9. The standard InChI is InChI=1S/C30H34FN3O4S2.C25H36N4O6S/c1-4-20(2)17-34(40(37,38)23-13-14-26-29(16-23)39-19-32-26)18-28(35)27(15-22-9-6-5-7-10-22)33-30(36)24-11-8-12-25(31)21(24)3;1-3-20(30)11-12-24(32)27-22(14-19-8-5-4-6-9-19)23(31)16-29(15-21-10-7-13-35-21)36(33,34)25-17-28(2)18-26-25/h5-14,16,19-20,27-28,35H,4,15,17-18H2,1-3H3,(H,33,36);4-6,8-9,17-18,21-23,31H,3,7,10-16H2,1-2H3,(H,27,32)/t20-,27-,28+;21?,22-,23+/m00/s1. The number of benzene rings is 4. The van der Waals surface area contributed by atoms with Crippen LogP contribution in [-0.2, 0) is 54.3 Å². The summed E-state index contributed by atoms with van der Waals surface area (Å²) in [5, 5.41) is 28.3. The van der Waals surface area contributed by atoms with Gasteiger partial charge in [-0.2, -0.15) is 8.61 Å². The molecular formula is C55H70FN7O10S3. The topological polar surface area (TPSA) is 230 Å². The molecule has 1 saturated heterocycles. The monoisotopic (exact) mass is 1100 g/mol. The molecule has 17 nitrogen and oxygen atoms in total. The summed E-state index contributed by atoms with van der Waals surface area (Å²) in [6.45, 7) is 7.57. The van der Waals surface area contributed by atoms with Gasteiger partial charge in [-0.1, -0.05) is 93.9 Å². The Balaban J connectivity index is 0.000000248. The third-order valence-electron chi connectivity index (χ3n) is 13.4. The number of thiazole rings is 1. The average Bonchev–Trinajstić information content (AvgIpc) is 4.22. The minimum absolute atomic E-state index is 0.0105. The Morgan fingerprint density at radius 2 is 1.47 bits per heavy atom. The zero-order chi connectivity index (χ0) is 55.0. The molecule has 76 heavy (non-hydrogen) atoms. The molecule has 6 aromatic rings. The SMILES string of the molecule is CCC(=O)CCC(=O)N[C@@H](Cc1ccccc1)[C@H](O)CN(CC1CCCO1)S(=O)(=O)c1cn(C)cn1.CC[C@H](C)CN(C[C@@H](O)[C@H](Cc1ccccc1)NC(=O)c1cccc(F)c1C)S(=O)(=O)c1ccc2ncsc2c1.